The molecule has 0 fully saturated rings. The third-order valence-corrected chi connectivity index (χ3v) is 3.29. The fraction of sp³-hybridized carbons (Fsp3) is 0.706. The van der Waals surface area contributed by atoms with Gasteiger partial charge in [0.15, 0.2) is 19.1 Å². The van der Waals surface area contributed by atoms with Crippen LogP contribution in [-0.2, 0) is 28.6 Å². The van der Waals surface area contributed by atoms with E-state index >= 15 is 0 Å². The van der Waals surface area contributed by atoms with Crippen LogP contribution in [0.25, 0.3) is 0 Å². The van der Waals surface area contributed by atoms with E-state index in [0.717, 1.165) is 0 Å². The first-order valence-corrected chi connectivity index (χ1v) is 8.52. The summed E-state index contributed by atoms with van der Waals surface area (Å²) in [5, 5.41) is 0. The summed E-state index contributed by atoms with van der Waals surface area (Å²) in [6.07, 6.45) is -8.64. The largest absolute Gasteiger partial charge is 0.462 e. The second-order valence-electron chi connectivity index (χ2n) is 6.12. The molecule has 6 nitrogen and oxygen atoms in total. The third-order valence-electron chi connectivity index (χ3n) is 3.29. The van der Waals surface area contributed by atoms with Crippen molar-refractivity contribution in [1.82, 2.24) is 0 Å². The van der Waals surface area contributed by atoms with Crippen LogP contribution in [0.4, 0.5) is 26.3 Å². The van der Waals surface area contributed by atoms with Crippen LogP contribution in [0.15, 0.2) is 12.2 Å². The highest BCUT2D eigenvalue weighted by Crippen LogP contribution is 2.21. The molecule has 168 valence electrons. The van der Waals surface area contributed by atoms with E-state index < -0.39 is 49.4 Å². The summed E-state index contributed by atoms with van der Waals surface area (Å²) in [7, 11) is 0. The van der Waals surface area contributed by atoms with E-state index in [2.05, 4.69) is 16.1 Å². The number of carbonyl (C=O) groups excluding carboxylic acids is 3. The van der Waals surface area contributed by atoms with Crippen LogP contribution in [0.2, 0.25) is 0 Å². The van der Waals surface area contributed by atoms with Crippen molar-refractivity contribution in [2.45, 2.75) is 51.4 Å². The van der Waals surface area contributed by atoms with Crippen LogP contribution in [0.3, 0.4) is 0 Å². The van der Waals surface area contributed by atoms with Crippen LogP contribution in [-0.4, -0.2) is 50.1 Å². The summed E-state index contributed by atoms with van der Waals surface area (Å²) in [5.41, 5.74) is 0.225. The van der Waals surface area contributed by atoms with Gasteiger partial charge in [0.05, 0.1) is 6.61 Å². The van der Waals surface area contributed by atoms with Crippen LogP contribution in [0.1, 0.15) is 39.0 Å². The highest BCUT2D eigenvalue weighted by molar-refractivity contribution is 5.94. The number of rotatable bonds is 12. The van der Waals surface area contributed by atoms with Gasteiger partial charge in [0.25, 0.3) is 0 Å². The molecular weight excluding hydrogens is 414 g/mol. The zero-order valence-electron chi connectivity index (χ0n) is 15.7. The second kappa shape index (κ2) is 12.3. The molecule has 0 saturated heterocycles. The van der Waals surface area contributed by atoms with E-state index in [9.17, 15) is 40.7 Å². The lowest BCUT2D eigenvalue weighted by Crippen LogP contribution is -2.33. The molecule has 0 aromatic carbocycles. The minimum atomic E-state index is -4.85. The average molecular weight is 436 g/mol. The zero-order chi connectivity index (χ0) is 22.7. The molecule has 0 spiro atoms. The van der Waals surface area contributed by atoms with Gasteiger partial charge in [-0.25, -0.2) is 4.79 Å². The number of alkyl halides is 6. The summed E-state index contributed by atoms with van der Waals surface area (Å²) in [5.74, 6) is -5.68. The summed E-state index contributed by atoms with van der Waals surface area (Å²) < 4.78 is 85.5. The van der Waals surface area contributed by atoms with Gasteiger partial charge in [-0.15, -0.1) is 0 Å². The summed E-state index contributed by atoms with van der Waals surface area (Å²) in [6.45, 7) is 1.02. The standard InChI is InChI=1S/C17H22F6O6/c1-11(2)13(24)27-8-6-4-3-5-7-12(14(25)28-9-16(18,19)20)15(26)29-10-17(21,22)23/h12H,1,3-10H2,2H3. The summed E-state index contributed by atoms with van der Waals surface area (Å²) in [6, 6.07) is 0. The highest BCUT2D eigenvalue weighted by Gasteiger charge is 2.37. The Morgan fingerprint density at radius 1 is 0.793 bits per heavy atom. The maximum atomic E-state index is 12.1. The van der Waals surface area contributed by atoms with Gasteiger partial charge in [-0.2, -0.15) is 26.3 Å². The molecule has 0 heterocycles. The Kier molecular flexibility index (Phi) is 11.4. The molecule has 0 amide bonds. The Hall–Kier alpha value is -2.27. The number of ether oxygens (including phenoxy) is 3. The normalized spacial score (nSPS) is 11.9. The van der Waals surface area contributed by atoms with Gasteiger partial charge in [-0.1, -0.05) is 25.8 Å². The van der Waals surface area contributed by atoms with Crippen molar-refractivity contribution < 1.29 is 54.9 Å². The topological polar surface area (TPSA) is 78.9 Å². The molecule has 0 rings (SSSR count). The number of hydrogen-bond donors (Lipinski definition) is 0. The van der Waals surface area contributed by atoms with Crippen molar-refractivity contribution in [3.8, 4) is 0 Å². The Morgan fingerprint density at radius 3 is 1.66 bits per heavy atom. The van der Waals surface area contributed by atoms with Gasteiger partial charge in [0, 0.05) is 5.57 Å². The van der Waals surface area contributed by atoms with Crippen LogP contribution in [0, 0.1) is 5.92 Å². The van der Waals surface area contributed by atoms with Crippen molar-refractivity contribution in [2.75, 3.05) is 19.8 Å². The smallest absolute Gasteiger partial charge is 0.422 e. The van der Waals surface area contributed by atoms with Crippen molar-refractivity contribution in [3.63, 3.8) is 0 Å². The minimum Gasteiger partial charge on any atom is -0.462 e. The molecule has 0 saturated carbocycles. The molecule has 0 atom stereocenters. The first-order valence-electron chi connectivity index (χ1n) is 8.52. The van der Waals surface area contributed by atoms with E-state index in [0.29, 0.717) is 19.3 Å². The minimum absolute atomic E-state index is 0.0936. The number of halogens is 6. The SMILES string of the molecule is C=C(C)C(=O)OCCCCCCC(C(=O)OCC(F)(F)F)C(=O)OCC(F)(F)F. The van der Waals surface area contributed by atoms with Gasteiger partial charge >= 0.3 is 30.3 Å². The lowest BCUT2D eigenvalue weighted by atomic mass is 10.0. The third kappa shape index (κ3) is 14.4. The molecule has 0 radical (unpaired) electrons. The number of carbonyl (C=O) groups is 3. The molecule has 0 aliphatic carbocycles. The van der Waals surface area contributed by atoms with Gasteiger partial charge in [-0.3, -0.25) is 9.59 Å². The average Bonchev–Trinajstić information content (AvgIpc) is 2.58. The fourth-order valence-corrected chi connectivity index (χ4v) is 1.93. The highest BCUT2D eigenvalue weighted by atomic mass is 19.4. The molecule has 12 heteroatoms. The van der Waals surface area contributed by atoms with Crippen molar-refractivity contribution in [3.05, 3.63) is 12.2 Å². The molecule has 0 aromatic heterocycles. The van der Waals surface area contributed by atoms with E-state index in [1.54, 1.807) is 0 Å². The van der Waals surface area contributed by atoms with E-state index in [-0.39, 0.29) is 25.0 Å². The maximum absolute atomic E-state index is 12.1. The molecular formula is C17H22F6O6. The Morgan fingerprint density at radius 2 is 1.24 bits per heavy atom. The molecule has 0 bridgehead atoms. The lowest BCUT2D eigenvalue weighted by Gasteiger charge is -2.16. The Balaban J connectivity index is 4.51. The van der Waals surface area contributed by atoms with Crippen LogP contribution < -0.4 is 0 Å². The quantitative estimate of drug-likeness (QED) is 0.115. The molecule has 0 aliphatic rings. The summed E-state index contributed by atoms with van der Waals surface area (Å²) >= 11 is 0. The van der Waals surface area contributed by atoms with Crippen LogP contribution in [0.5, 0.6) is 0 Å². The van der Waals surface area contributed by atoms with Crippen molar-refractivity contribution in [1.29, 1.82) is 0 Å². The first-order chi connectivity index (χ1) is 13.2. The molecule has 0 aromatic rings. The molecule has 0 N–H and O–H groups in total. The van der Waals surface area contributed by atoms with E-state index in [1.807, 2.05) is 0 Å². The van der Waals surface area contributed by atoms with Gasteiger partial charge in [-0.05, 0) is 19.8 Å². The van der Waals surface area contributed by atoms with E-state index in [4.69, 9.17) is 4.74 Å². The number of hydrogen-bond acceptors (Lipinski definition) is 6. The van der Waals surface area contributed by atoms with Crippen molar-refractivity contribution >= 4 is 17.9 Å². The summed E-state index contributed by atoms with van der Waals surface area (Å²) in [4.78, 5) is 34.5. The Bertz CT molecular complexity index is 540. The lowest BCUT2D eigenvalue weighted by molar-refractivity contribution is -0.199. The first kappa shape index (κ1) is 26.7. The molecule has 29 heavy (non-hydrogen) atoms. The predicted molar refractivity (Wildman–Crippen MR) is 86.4 cm³/mol. The molecule has 0 unspecified atom stereocenters. The maximum Gasteiger partial charge on any atom is 0.422 e. The Labute approximate surface area is 163 Å². The van der Waals surface area contributed by atoms with Crippen LogP contribution >= 0.6 is 0 Å². The van der Waals surface area contributed by atoms with E-state index in [1.165, 1.54) is 6.92 Å². The second-order valence-corrected chi connectivity index (χ2v) is 6.12. The van der Waals surface area contributed by atoms with Gasteiger partial charge in [0.1, 0.15) is 0 Å². The van der Waals surface area contributed by atoms with Crippen molar-refractivity contribution in [2.24, 2.45) is 5.92 Å². The molecule has 0 aliphatic heterocycles. The number of unbranched alkanes of at least 4 members (excludes halogenated alkanes) is 3. The monoisotopic (exact) mass is 436 g/mol. The predicted octanol–water partition coefficient (Wildman–Crippen LogP) is 3.88. The van der Waals surface area contributed by atoms with Gasteiger partial charge in [0.2, 0.25) is 0 Å². The van der Waals surface area contributed by atoms with Gasteiger partial charge < -0.3 is 14.2 Å². The fourth-order valence-electron chi connectivity index (χ4n) is 1.93. The zero-order valence-corrected chi connectivity index (χ0v) is 15.7. The number of esters is 3.